The van der Waals surface area contributed by atoms with Crippen molar-refractivity contribution in [3.63, 3.8) is 0 Å². The van der Waals surface area contributed by atoms with Gasteiger partial charge < -0.3 is 4.90 Å². The summed E-state index contributed by atoms with van der Waals surface area (Å²) in [6, 6.07) is 11.1. The third-order valence-electron chi connectivity index (χ3n) is 5.00. The molecule has 2 aliphatic heterocycles. The first-order valence-electron chi connectivity index (χ1n) is 8.29. The molecule has 0 N–H and O–H groups in total. The lowest BCUT2D eigenvalue weighted by Crippen LogP contribution is -2.46. The molecule has 1 atom stereocenters. The molecular weight excluding hydrogens is 326 g/mol. The van der Waals surface area contributed by atoms with E-state index >= 15 is 0 Å². The fourth-order valence-corrected chi connectivity index (χ4v) is 4.70. The molecule has 2 nitrogen and oxygen atoms in total. The van der Waals surface area contributed by atoms with Gasteiger partial charge in [-0.2, -0.15) is 0 Å². The van der Waals surface area contributed by atoms with Crippen LogP contribution in [0.4, 0.5) is 8.78 Å². The van der Waals surface area contributed by atoms with Gasteiger partial charge in [0.05, 0.1) is 0 Å². The van der Waals surface area contributed by atoms with Crippen LogP contribution in [0.15, 0.2) is 46.2 Å². The molecular formula is C19H20F2N2S. The fraction of sp³-hybridized carbons (Fsp3) is 0.368. The van der Waals surface area contributed by atoms with E-state index in [4.69, 9.17) is 0 Å². The first-order chi connectivity index (χ1) is 11.6. The van der Waals surface area contributed by atoms with Crippen LogP contribution in [0.1, 0.15) is 17.2 Å². The van der Waals surface area contributed by atoms with Crippen molar-refractivity contribution in [2.45, 2.75) is 22.3 Å². The Morgan fingerprint density at radius 2 is 1.67 bits per heavy atom. The Bertz CT molecular complexity index is 757. The number of rotatable bonds is 1. The number of piperazine rings is 1. The second-order valence-corrected chi connectivity index (χ2v) is 7.66. The molecule has 5 heteroatoms. The molecule has 2 aromatic carbocycles. The summed E-state index contributed by atoms with van der Waals surface area (Å²) in [5, 5.41) is 0. The van der Waals surface area contributed by atoms with E-state index in [-0.39, 0.29) is 6.04 Å². The van der Waals surface area contributed by atoms with Gasteiger partial charge in [-0.1, -0.05) is 30.0 Å². The van der Waals surface area contributed by atoms with E-state index in [1.54, 1.807) is 11.8 Å². The molecule has 0 saturated carbocycles. The minimum atomic E-state index is -0.766. The van der Waals surface area contributed by atoms with Crippen LogP contribution >= 0.6 is 11.8 Å². The Balaban J connectivity index is 1.79. The van der Waals surface area contributed by atoms with E-state index < -0.39 is 11.6 Å². The first kappa shape index (κ1) is 16.1. The summed E-state index contributed by atoms with van der Waals surface area (Å²) in [6.45, 7) is 3.91. The molecule has 1 saturated heterocycles. The smallest absolute Gasteiger partial charge is 0.159 e. The predicted octanol–water partition coefficient (Wildman–Crippen LogP) is 3.96. The monoisotopic (exact) mass is 346 g/mol. The van der Waals surface area contributed by atoms with Gasteiger partial charge in [0.1, 0.15) is 0 Å². The Kier molecular flexibility index (Phi) is 4.33. The zero-order valence-electron chi connectivity index (χ0n) is 13.6. The number of likely N-dealkylation sites (N-methyl/N-ethyl adjacent to an activating group) is 1. The Hall–Kier alpha value is -1.43. The highest BCUT2D eigenvalue weighted by atomic mass is 32.2. The highest BCUT2D eigenvalue weighted by Crippen LogP contribution is 2.43. The lowest BCUT2D eigenvalue weighted by Gasteiger charge is -2.38. The van der Waals surface area contributed by atoms with Crippen molar-refractivity contribution in [1.29, 1.82) is 0 Å². The number of nitrogens with zero attached hydrogens (tertiary/aromatic N) is 2. The maximum Gasteiger partial charge on any atom is 0.159 e. The Morgan fingerprint density at radius 1 is 0.958 bits per heavy atom. The summed E-state index contributed by atoms with van der Waals surface area (Å²) < 4.78 is 27.8. The largest absolute Gasteiger partial charge is 0.304 e. The Morgan fingerprint density at radius 3 is 2.46 bits per heavy atom. The molecule has 2 aliphatic rings. The normalized spacial score (nSPS) is 21.9. The summed E-state index contributed by atoms with van der Waals surface area (Å²) in [6.07, 6.45) is 0.838. The first-order valence-corrected chi connectivity index (χ1v) is 9.11. The number of hydrogen-bond acceptors (Lipinski definition) is 3. The molecule has 0 aliphatic carbocycles. The molecule has 1 fully saturated rings. The van der Waals surface area contributed by atoms with Crippen molar-refractivity contribution in [3.05, 3.63) is 59.2 Å². The van der Waals surface area contributed by atoms with Crippen LogP contribution in [0.3, 0.4) is 0 Å². The van der Waals surface area contributed by atoms with Gasteiger partial charge in [-0.3, -0.25) is 4.90 Å². The summed E-state index contributed by atoms with van der Waals surface area (Å²) in [4.78, 5) is 6.70. The average Bonchev–Trinajstić information content (AvgIpc) is 2.73. The zero-order valence-corrected chi connectivity index (χ0v) is 14.5. The van der Waals surface area contributed by atoms with Crippen LogP contribution in [0.25, 0.3) is 0 Å². The standard InChI is InChI=1S/C19H20F2N2S/c1-22-6-8-23(9-7-22)17-10-13-4-2-3-5-18(13)24-19-12-16(21)15(20)11-14(17)19/h2-5,11-12,17H,6-10H2,1H3. The van der Waals surface area contributed by atoms with Crippen molar-refractivity contribution < 1.29 is 8.78 Å². The number of fused-ring (bicyclic) bond motifs is 2. The maximum absolute atomic E-state index is 14.0. The molecule has 126 valence electrons. The van der Waals surface area contributed by atoms with E-state index in [1.807, 2.05) is 12.1 Å². The molecule has 2 aromatic rings. The van der Waals surface area contributed by atoms with Crippen molar-refractivity contribution in [2.75, 3.05) is 33.2 Å². The molecule has 0 spiro atoms. The van der Waals surface area contributed by atoms with E-state index in [9.17, 15) is 8.78 Å². The number of benzene rings is 2. The van der Waals surface area contributed by atoms with Crippen molar-refractivity contribution >= 4 is 11.8 Å². The van der Waals surface area contributed by atoms with Crippen LogP contribution in [0, 0.1) is 11.6 Å². The third kappa shape index (κ3) is 2.96. The second-order valence-electron chi connectivity index (χ2n) is 6.57. The van der Waals surface area contributed by atoms with E-state index in [0.717, 1.165) is 48.0 Å². The predicted molar refractivity (Wildman–Crippen MR) is 92.4 cm³/mol. The van der Waals surface area contributed by atoms with Crippen LogP contribution in [0.2, 0.25) is 0 Å². The summed E-state index contributed by atoms with van der Waals surface area (Å²) >= 11 is 1.55. The Labute approximate surface area is 145 Å². The van der Waals surface area contributed by atoms with Crippen LogP contribution < -0.4 is 0 Å². The maximum atomic E-state index is 14.0. The summed E-state index contributed by atoms with van der Waals surface area (Å²) in [7, 11) is 2.12. The summed E-state index contributed by atoms with van der Waals surface area (Å²) in [5.74, 6) is -1.52. The zero-order chi connectivity index (χ0) is 16.7. The van der Waals surface area contributed by atoms with Crippen molar-refractivity contribution in [1.82, 2.24) is 9.80 Å². The van der Waals surface area contributed by atoms with Gasteiger partial charge in [0.15, 0.2) is 11.6 Å². The van der Waals surface area contributed by atoms with Crippen LogP contribution in [-0.4, -0.2) is 43.0 Å². The van der Waals surface area contributed by atoms with Gasteiger partial charge >= 0.3 is 0 Å². The SMILES string of the molecule is CN1CCN(C2Cc3ccccc3Sc3cc(F)c(F)cc32)CC1. The molecule has 24 heavy (non-hydrogen) atoms. The molecule has 0 amide bonds. The lowest BCUT2D eigenvalue weighted by atomic mass is 9.96. The van der Waals surface area contributed by atoms with Gasteiger partial charge in [-0.15, -0.1) is 0 Å². The molecule has 0 aromatic heterocycles. The third-order valence-corrected chi connectivity index (χ3v) is 6.19. The molecule has 1 unspecified atom stereocenters. The van der Waals surface area contributed by atoms with Crippen molar-refractivity contribution in [3.8, 4) is 0 Å². The average molecular weight is 346 g/mol. The molecule has 0 radical (unpaired) electrons. The quantitative estimate of drug-likeness (QED) is 0.772. The molecule has 0 bridgehead atoms. The number of halogens is 2. The topological polar surface area (TPSA) is 6.48 Å². The highest BCUT2D eigenvalue weighted by molar-refractivity contribution is 7.99. The van der Waals surface area contributed by atoms with Gasteiger partial charge in [0.2, 0.25) is 0 Å². The van der Waals surface area contributed by atoms with Gasteiger partial charge in [-0.05, 0) is 42.8 Å². The van der Waals surface area contributed by atoms with Gasteiger partial charge in [-0.25, -0.2) is 8.78 Å². The summed E-state index contributed by atoms with van der Waals surface area (Å²) in [5.41, 5.74) is 2.17. The number of hydrogen-bond donors (Lipinski definition) is 0. The fourth-order valence-electron chi connectivity index (χ4n) is 3.56. The van der Waals surface area contributed by atoms with Crippen LogP contribution in [-0.2, 0) is 6.42 Å². The molecule has 4 rings (SSSR count). The minimum absolute atomic E-state index is 0.0972. The van der Waals surface area contributed by atoms with E-state index in [2.05, 4.69) is 29.0 Å². The lowest BCUT2D eigenvalue weighted by molar-refractivity contribution is 0.109. The van der Waals surface area contributed by atoms with Gasteiger partial charge in [0.25, 0.3) is 0 Å². The van der Waals surface area contributed by atoms with E-state index in [1.165, 1.54) is 17.7 Å². The minimum Gasteiger partial charge on any atom is -0.304 e. The second kappa shape index (κ2) is 6.47. The molecule has 2 heterocycles. The van der Waals surface area contributed by atoms with Gasteiger partial charge in [0, 0.05) is 42.0 Å². The van der Waals surface area contributed by atoms with Crippen molar-refractivity contribution in [2.24, 2.45) is 0 Å². The van der Waals surface area contributed by atoms with E-state index in [0.29, 0.717) is 0 Å². The highest BCUT2D eigenvalue weighted by Gasteiger charge is 2.30. The van der Waals surface area contributed by atoms with Crippen LogP contribution in [0.5, 0.6) is 0 Å².